The first kappa shape index (κ1) is 37.0. The van der Waals surface area contributed by atoms with Crippen LogP contribution in [0, 0.1) is 35.8 Å². The molecule has 19 nitrogen and oxygen atoms in total. The third-order valence-electron chi connectivity index (χ3n) is 3.93. The molecule has 1 N–H and O–H groups in total. The molecule has 0 aliphatic heterocycles. The number of nitrogens with zero attached hydrogens (tertiary/aromatic N) is 3. The van der Waals surface area contributed by atoms with E-state index in [0.717, 1.165) is 0 Å². The SMILES string of the molecule is CC.CC(C)OC(=O)NC(CCC(=O)OCC(CO[N+](=O)[O-])(CO[N+](=O)[O-])CO[N+](=O)[O-])C(=O)OC(C)(C)C. The van der Waals surface area contributed by atoms with Gasteiger partial charge in [-0.3, -0.25) is 4.79 Å². The molecule has 0 aliphatic rings. The van der Waals surface area contributed by atoms with Gasteiger partial charge in [-0.1, -0.05) is 13.8 Å². The van der Waals surface area contributed by atoms with Crippen molar-refractivity contribution >= 4 is 18.0 Å². The van der Waals surface area contributed by atoms with Crippen LogP contribution in [0.5, 0.6) is 0 Å². The summed E-state index contributed by atoms with van der Waals surface area (Å²) < 4.78 is 15.1. The lowest BCUT2D eigenvalue weighted by molar-refractivity contribution is -0.782. The van der Waals surface area contributed by atoms with Crippen molar-refractivity contribution in [3.8, 4) is 0 Å². The van der Waals surface area contributed by atoms with E-state index in [1.807, 2.05) is 13.8 Å². The van der Waals surface area contributed by atoms with Crippen LogP contribution in [0.4, 0.5) is 4.79 Å². The first-order chi connectivity index (χ1) is 17.9. The minimum atomic E-state index is -2.03. The number of nitrogens with one attached hydrogen (secondary N) is 1. The van der Waals surface area contributed by atoms with Gasteiger partial charge in [-0.05, 0) is 41.0 Å². The number of carbonyl (C=O) groups is 3. The molecule has 19 heteroatoms. The van der Waals surface area contributed by atoms with Gasteiger partial charge in [0.15, 0.2) is 0 Å². The highest BCUT2D eigenvalue weighted by Crippen LogP contribution is 2.22. The molecule has 0 rings (SSSR count). The van der Waals surface area contributed by atoms with E-state index in [9.17, 15) is 44.7 Å². The second-order valence-corrected chi connectivity index (χ2v) is 8.87. The Morgan fingerprint density at radius 1 is 0.821 bits per heavy atom. The molecule has 0 aromatic carbocycles. The zero-order chi connectivity index (χ0) is 30.8. The second-order valence-electron chi connectivity index (χ2n) is 8.87. The number of carbonyl (C=O) groups excluding carboxylic acids is 3. The number of esters is 2. The largest absolute Gasteiger partial charge is 0.465 e. The molecule has 0 aliphatic carbocycles. The lowest BCUT2D eigenvalue weighted by atomic mass is 9.92. The van der Waals surface area contributed by atoms with Gasteiger partial charge in [0.1, 0.15) is 38.1 Å². The third kappa shape index (κ3) is 19.6. The van der Waals surface area contributed by atoms with E-state index in [2.05, 4.69) is 19.8 Å². The van der Waals surface area contributed by atoms with Gasteiger partial charge in [0, 0.05) is 6.42 Å². The summed E-state index contributed by atoms with van der Waals surface area (Å²) in [4.78, 5) is 81.0. The molecule has 1 amide bonds. The molecule has 226 valence electrons. The molecule has 1 unspecified atom stereocenters. The van der Waals surface area contributed by atoms with E-state index in [0.29, 0.717) is 0 Å². The maximum absolute atomic E-state index is 12.5. The van der Waals surface area contributed by atoms with Crippen LogP contribution in [0.1, 0.15) is 61.3 Å². The first-order valence-electron chi connectivity index (χ1n) is 11.6. The molecule has 39 heavy (non-hydrogen) atoms. The summed E-state index contributed by atoms with van der Waals surface area (Å²) in [6.07, 6.45) is -2.33. The van der Waals surface area contributed by atoms with Gasteiger partial charge in [-0.15, -0.1) is 30.3 Å². The van der Waals surface area contributed by atoms with Gasteiger partial charge in [-0.25, -0.2) is 9.59 Å². The van der Waals surface area contributed by atoms with Crippen LogP contribution < -0.4 is 5.32 Å². The summed E-state index contributed by atoms with van der Waals surface area (Å²) in [5.74, 6) is -1.92. The summed E-state index contributed by atoms with van der Waals surface area (Å²) in [6, 6.07) is -1.34. The van der Waals surface area contributed by atoms with E-state index < -0.39 is 89.3 Å². The maximum atomic E-state index is 12.5. The molecular formula is C20H36N4O15. The standard InChI is InChI=1S/C18H30N4O15.C2H6/c1-12(2)36-16(25)19-13(15(24)37-17(3,4)5)6-7-14(23)32-8-18(9-33-20(26)27,10-34-21(28)29)11-35-22(30)31;1-2/h12-13H,6-11H2,1-5H3,(H,19,25);1-2H3. The number of rotatable bonds is 17. The van der Waals surface area contributed by atoms with Crippen molar-refractivity contribution < 1.29 is 58.4 Å². The van der Waals surface area contributed by atoms with E-state index in [-0.39, 0.29) is 6.42 Å². The van der Waals surface area contributed by atoms with Crippen molar-refractivity contribution in [3.05, 3.63) is 30.3 Å². The van der Waals surface area contributed by atoms with Crippen molar-refractivity contribution in [2.24, 2.45) is 5.41 Å². The predicted octanol–water partition coefficient (Wildman–Crippen LogP) is 1.79. The zero-order valence-electron chi connectivity index (χ0n) is 22.9. The monoisotopic (exact) mass is 572 g/mol. The average Bonchev–Trinajstić information content (AvgIpc) is 2.80. The number of ether oxygens (including phenoxy) is 3. The Labute approximate surface area is 223 Å². The van der Waals surface area contributed by atoms with Gasteiger partial charge in [0.25, 0.3) is 15.3 Å². The number of hydrogen-bond acceptors (Lipinski definition) is 15. The average molecular weight is 573 g/mol. The molecule has 0 aromatic heterocycles. The summed E-state index contributed by atoms with van der Waals surface area (Å²) in [5.41, 5.74) is -2.96. The van der Waals surface area contributed by atoms with Gasteiger partial charge < -0.3 is 34.0 Å². The summed E-state index contributed by atoms with van der Waals surface area (Å²) in [6.45, 7) is 7.88. The molecule has 0 heterocycles. The molecule has 1 atom stereocenters. The molecular weight excluding hydrogens is 536 g/mol. The normalized spacial score (nSPS) is 11.6. The lowest BCUT2D eigenvalue weighted by Gasteiger charge is -2.30. The minimum Gasteiger partial charge on any atom is -0.465 e. The Bertz CT molecular complexity index is 783. The van der Waals surface area contributed by atoms with Crippen molar-refractivity contribution in [1.82, 2.24) is 5.32 Å². The number of hydrogen-bond donors (Lipinski definition) is 1. The van der Waals surface area contributed by atoms with Crippen LogP contribution in [0.15, 0.2) is 0 Å². The smallest absolute Gasteiger partial charge is 0.408 e. The fourth-order valence-electron chi connectivity index (χ4n) is 2.40. The van der Waals surface area contributed by atoms with Crippen LogP contribution in [0.2, 0.25) is 0 Å². The van der Waals surface area contributed by atoms with Crippen molar-refractivity contribution in [1.29, 1.82) is 0 Å². The Hall–Kier alpha value is -4.19. The van der Waals surface area contributed by atoms with Crippen LogP contribution in [-0.4, -0.2) is 77.5 Å². The zero-order valence-corrected chi connectivity index (χ0v) is 22.9. The van der Waals surface area contributed by atoms with Gasteiger partial charge >= 0.3 is 18.0 Å². The highest BCUT2D eigenvalue weighted by molar-refractivity contribution is 5.82. The molecule has 0 aromatic rings. The second kappa shape index (κ2) is 18.1. The van der Waals surface area contributed by atoms with Crippen molar-refractivity contribution in [3.63, 3.8) is 0 Å². The van der Waals surface area contributed by atoms with Crippen molar-refractivity contribution in [2.45, 2.75) is 79.1 Å². The van der Waals surface area contributed by atoms with Gasteiger partial charge in [0.05, 0.1) is 11.5 Å². The maximum Gasteiger partial charge on any atom is 0.408 e. The quantitative estimate of drug-likeness (QED) is 0.113. The van der Waals surface area contributed by atoms with Crippen LogP contribution >= 0.6 is 0 Å². The molecule has 0 spiro atoms. The van der Waals surface area contributed by atoms with E-state index in [1.165, 1.54) is 0 Å². The highest BCUT2D eigenvalue weighted by Gasteiger charge is 2.37. The summed E-state index contributed by atoms with van der Waals surface area (Å²) in [5, 5.41) is 30.2. The Morgan fingerprint density at radius 2 is 1.26 bits per heavy atom. The summed E-state index contributed by atoms with van der Waals surface area (Å²) in [7, 11) is 0. The van der Waals surface area contributed by atoms with Crippen molar-refractivity contribution in [2.75, 3.05) is 26.4 Å². The fraction of sp³-hybridized carbons (Fsp3) is 0.850. The highest BCUT2D eigenvalue weighted by atomic mass is 17.0. The minimum absolute atomic E-state index is 0.337. The van der Waals surface area contributed by atoms with Gasteiger partial charge in [-0.2, -0.15) is 0 Å². The molecule has 0 radical (unpaired) electrons. The Kier molecular flexibility index (Phi) is 17.2. The fourth-order valence-corrected chi connectivity index (χ4v) is 2.40. The van der Waals surface area contributed by atoms with E-state index >= 15 is 0 Å². The Morgan fingerprint density at radius 3 is 1.62 bits per heavy atom. The van der Waals surface area contributed by atoms with Crippen LogP contribution in [0.25, 0.3) is 0 Å². The number of alkyl carbamates (subject to hydrolysis) is 1. The summed E-state index contributed by atoms with van der Waals surface area (Å²) >= 11 is 0. The lowest BCUT2D eigenvalue weighted by Crippen LogP contribution is -2.45. The topological polar surface area (TPSA) is 248 Å². The first-order valence-corrected chi connectivity index (χ1v) is 11.6. The molecule has 0 bridgehead atoms. The van der Waals surface area contributed by atoms with Crippen LogP contribution in [-0.2, 0) is 38.3 Å². The molecule has 0 fully saturated rings. The van der Waals surface area contributed by atoms with Gasteiger partial charge in [0.2, 0.25) is 0 Å². The van der Waals surface area contributed by atoms with Crippen LogP contribution in [0.3, 0.4) is 0 Å². The molecule has 0 saturated carbocycles. The third-order valence-corrected chi connectivity index (χ3v) is 3.93. The Balaban J connectivity index is 0. The number of amides is 1. The van der Waals surface area contributed by atoms with E-state index in [4.69, 9.17) is 14.2 Å². The molecule has 0 saturated heterocycles. The van der Waals surface area contributed by atoms with E-state index in [1.54, 1.807) is 34.6 Å². The predicted molar refractivity (Wildman–Crippen MR) is 127 cm³/mol.